The second-order valence-corrected chi connectivity index (χ2v) is 6.97. The highest BCUT2D eigenvalue weighted by atomic mass is 32.2. The summed E-state index contributed by atoms with van der Waals surface area (Å²) in [5.41, 5.74) is 8.82. The van der Waals surface area contributed by atoms with E-state index in [2.05, 4.69) is 41.0 Å². The Bertz CT molecular complexity index is 558. The Kier molecular flexibility index (Phi) is 4.58. The molecule has 2 nitrogen and oxygen atoms in total. The van der Waals surface area contributed by atoms with E-state index in [9.17, 15) is 0 Å². The minimum Gasteiger partial charge on any atom is -0.327 e. The molecule has 0 bridgehead atoms. The van der Waals surface area contributed by atoms with Crippen molar-refractivity contribution < 1.29 is 0 Å². The molecule has 106 valence electrons. The highest BCUT2D eigenvalue weighted by Crippen LogP contribution is 2.27. The first-order valence-electron chi connectivity index (χ1n) is 7.49. The minimum absolute atomic E-state index is 0.272. The third-order valence-electron chi connectivity index (χ3n) is 4.20. The Labute approximate surface area is 125 Å². The summed E-state index contributed by atoms with van der Waals surface area (Å²) < 4.78 is 0. The largest absolute Gasteiger partial charge is 0.327 e. The van der Waals surface area contributed by atoms with E-state index in [1.54, 1.807) is 0 Å². The van der Waals surface area contributed by atoms with Gasteiger partial charge in [0, 0.05) is 17.6 Å². The second kappa shape index (κ2) is 6.59. The fourth-order valence-corrected chi connectivity index (χ4v) is 4.31. The number of fused-ring (bicyclic) bond motifs is 1. The van der Waals surface area contributed by atoms with Gasteiger partial charge in [-0.15, -0.1) is 0 Å². The lowest BCUT2D eigenvalue weighted by Gasteiger charge is -2.24. The van der Waals surface area contributed by atoms with Crippen molar-refractivity contribution in [3.8, 4) is 0 Å². The van der Waals surface area contributed by atoms with Crippen LogP contribution < -0.4 is 5.73 Å². The standard InChI is InChI=1S/C17H22N2S/c18-15(11-13-6-9-20-10-7-13)12-14-5-8-19-17-4-2-1-3-16(14)17/h1-5,8,13,15H,6-7,9-12,18H2. The number of pyridine rings is 1. The second-order valence-electron chi connectivity index (χ2n) is 5.74. The van der Waals surface area contributed by atoms with Crippen LogP contribution in [0.25, 0.3) is 10.9 Å². The summed E-state index contributed by atoms with van der Waals surface area (Å²) in [7, 11) is 0. The molecule has 0 spiro atoms. The predicted molar refractivity (Wildman–Crippen MR) is 88.1 cm³/mol. The summed E-state index contributed by atoms with van der Waals surface area (Å²) in [5, 5.41) is 1.25. The van der Waals surface area contributed by atoms with Gasteiger partial charge in [0.2, 0.25) is 0 Å². The van der Waals surface area contributed by atoms with Crippen LogP contribution >= 0.6 is 11.8 Å². The van der Waals surface area contributed by atoms with E-state index < -0.39 is 0 Å². The fraction of sp³-hybridized carbons (Fsp3) is 0.471. The lowest BCUT2D eigenvalue weighted by Crippen LogP contribution is -2.27. The normalized spacial score (nSPS) is 18.2. The molecule has 2 aromatic rings. The lowest BCUT2D eigenvalue weighted by atomic mass is 9.91. The molecule has 1 aliphatic rings. The third kappa shape index (κ3) is 3.33. The van der Waals surface area contributed by atoms with Crippen molar-refractivity contribution in [3.05, 3.63) is 42.1 Å². The maximum absolute atomic E-state index is 6.40. The molecule has 0 saturated carbocycles. The zero-order chi connectivity index (χ0) is 13.8. The average Bonchev–Trinajstić information content (AvgIpc) is 2.48. The van der Waals surface area contributed by atoms with Gasteiger partial charge in [0.1, 0.15) is 0 Å². The van der Waals surface area contributed by atoms with E-state index in [1.165, 1.54) is 35.3 Å². The molecule has 1 saturated heterocycles. The van der Waals surface area contributed by atoms with Crippen molar-refractivity contribution in [2.75, 3.05) is 11.5 Å². The fourth-order valence-electron chi connectivity index (χ4n) is 3.11. The first-order valence-corrected chi connectivity index (χ1v) is 8.64. The third-order valence-corrected chi connectivity index (χ3v) is 5.25. The van der Waals surface area contributed by atoms with Crippen LogP contribution in [0.4, 0.5) is 0 Å². The van der Waals surface area contributed by atoms with Crippen molar-refractivity contribution in [3.63, 3.8) is 0 Å². The Hall–Kier alpha value is -1.06. The lowest BCUT2D eigenvalue weighted by molar-refractivity contribution is 0.406. The van der Waals surface area contributed by atoms with E-state index in [0.717, 1.165) is 24.3 Å². The van der Waals surface area contributed by atoms with Crippen LogP contribution in [0.2, 0.25) is 0 Å². The molecule has 2 heterocycles. The van der Waals surface area contributed by atoms with Gasteiger partial charge < -0.3 is 5.73 Å². The summed E-state index contributed by atoms with van der Waals surface area (Å²) in [6, 6.07) is 10.7. The molecule has 3 rings (SSSR count). The summed E-state index contributed by atoms with van der Waals surface area (Å²) in [6.45, 7) is 0. The Morgan fingerprint density at radius 2 is 2.00 bits per heavy atom. The van der Waals surface area contributed by atoms with Gasteiger partial charge in [0.15, 0.2) is 0 Å². The highest BCUT2D eigenvalue weighted by molar-refractivity contribution is 7.99. The van der Waals surface area contributed by atoms with Gasteiger partial charge in [0.25, 0.3) is 0 Å². The van der Waals surface area contributed by atoms with Crippen molar-refractivity contribution in [1.29, 1.82) is 0 Å². The number of aromatic nitrogens is 1. The molecule has 2 N–H and O–H groups in total. The first-order chi connectivity index (χ1) is 9.83. The van der Waals surface area contributed by atoms with E-state index in [1.807, 2.05) is 12.3 Å². The molecule has 1 atom stereocenters. The SMILES string of the molecule is NC(Cc1ccnc2ccccc12)CC1CCSCC1. The van der Waals surface area contributed by atoms with Crippen molar-refractivity contribution in [2.45, 2.75) is 31.7 Å². The van der Waals surface area contributed by atoms with Crippen molar-refractivity contribution >= 4 is 22.7 Å². The number of thioether (sulfide) groups is 1. The quantitative estimate of drug-likeness (QED) is 0.932. The number of benzene rings is 1. The molecule has 3 heteroatoms. The van der Waals surface area contributed by atoms with Crippen LogP contribution in [-0.2, 0) is 6.42 Å². The Morgan fingerprint density at radius 1 is 1.20 bits per heavy atom. The first kappa shape index (κ1) is 13.9. The number of hydrogen-bond acceptors (Lipinski definition) is 3. The zero-order valence-electron chi connectivity index (χ0n) is 11.8. The number of hydrogen-bond donors (Lipinski definition) is 1. The average molecular weight is 286 g/mol. The molecule has 20 heavy (non-hydrogen) atoms. The molecule has 1 aliphatic heterocycles. The highest BCUT2D eigenvalue weighted by Gasteiger charge is 2.17. The molecular formula is C17H22N2S. The van der Waals surface area contributed by atoms with Gasteiger partial charge in [0.05, 0.1) is 5.52 Å². The predicted octanol–water partition coefficient (Wildman–Crippen LogP) is 3.64. The summed E-state index contributed by atoms with van der Waals surface area (Å²) in [6.07, 6.45) is 6.72. The van der Waals surface area contributed by atoms with Crippen LogP contribution in [-0.4, -0.2) is 22.5 Å². The molecule has 1 fully saturated rings. The van der Waals surface area contributed by atoms with Crippen molar-refractivity contribution in [1.82, 2.24) is 4.98 Å². The van der Waals surface area contributed by atoms with Gasteiger partial charge in [-0.05, 0) is 60.8 Å². The van der Waals surface area contributed by atoms with Crippen LogP contribution in [0.1, 0.15) is 24.8 Å². The maximum Gasteiger partial charge on any atom is 0.0704 e. The molecule has 0 radical (unpaired) electrons. The molecule has 0 amide bonds. The van der Waals surface area contributed by atoms with Gasteiger partial charge in [-0.2, -0.15) is 11.8 Å². The van der Waals surface area contributed by atoms with E-state index in [0.29, 0.717) is 0 Å². The van der Waals surface area contributed by atoms with Gasteiger partial charge in [-0.1, -0.05) is 18.2 Å². The Balaban J connectivity index is 1.69. The zero-order valence-corrected chi connectivity index (χ0v) is 12.6. The van der Waals surface area contributed by atoms with E-state index >= 15 is 0 Å². The van der Waals surface area contributed by atoms with E-state index in [4.69, 9.17) is 5.73 Å². The van der Waals surface area contributed by atoms with Gasteiger partial charge in [-0.3, -0.25) is 4.98 Å². The monoisotopic (exact) mass is 286 g/mol. The number of nitrogens with two attached hydrogens (primary N) is 1. The van der Waals surface area contributed by atoms with Crippen LogP contribution in [0.5, 0.6) is 0 Å². The van der Waals surface area contributed by atoms with Gasteiger partial charge >= 0.3 is 0 Å². The molecule has 1 unspecified atom stereocenters. The van der Waals surface area contributed by atoms with Gasteiger partial charge in [-0.25, -0.2) is 0 Å². The molecular weight excluding hydrogens is 264 g/mol. The summed E-state index contributed by atoms with van der Waals surface area (Å²) >= 11 is 2.08. The Morgan fingerprint density at radius 3 is 2.85 bits per heavy atom. The molecule has 1 aromatic heterocycles. The number of rotatable bonds is 4. The topological polar surface area (TPSA) is 38.9 Å². The van der Waals surface area contributed by atoms with Crippen molar-refractivity contribution in [2.24, 2.45) is 11.7 Å². The number of nitrogens with zero attached hydrogens (tertiary/aromatic N) is 1. The maximum atomic E-state index is 6.40. The molecule has 0 aliphatic carbocycles. The smallest absolute Gasteiger partial charge is 0.0704 e. The summed E-state index contributed by atoms with van der Waals surface area (Å²) in [4.78, 5) is 4.42. The minimum atomic E-state index is 0.272. The van der Waals surface area contributed by atoms with Crippen LogP contribution in [0.15, 0.2) is 36.5 Å². The van der Waals surface area contributed by atoms with E-state index in [-0.39, 0.29) is 6.04 Å². The summed E-state index contributed by atoms with van der Waals surface area (Å²) in [5.74, 6) is 3.46. The van der Waals surface area contributed by atoms with Crippen LogP contribution in [0, 0.1) is 5.92 Å². The molecule has 1 aromatic carbocycles. The van der Waals surface area contributed by atoms with Crippen LogP contribution in [0.3, 0.4) is 0 Å². The number of para-hydroxylation sites is 1.